The Bertz CT molecular complexity index is 346. The van der Waals surface area contributed by atoms with Gasteiger partial charge in [-0.05, 0) is 26.7 Å². The molecule has 1 aromatic rings. The largest absolute Gasteiger partial charge is 0.478 e. The molecule has 0 aliphatic rings. The first-order valence-electron chi connectivity index (χ1n) is 5.97. The zero-order valence-corrected chi connectivity index (χ0v) is 10.7. The van der Waals surface area contributed by atoms with Gasteiger partial charge in [0.25, 0.3) is 0 Å². The van der Waals surface area contributed by atoms with Crippen LogP contribution in [0.4, 0.5) is 5.82 Å². The summed E-state index contributed by atoms with van der Waals surface area (Å²) >= 11 is 0. The molecule has 0 saturated heterocycles. The number of aromatic nitrogens is 2. The summed E-state index contributed by atoms with van der Waals surface area (Å²) in [6.07, 6.45) is 3.06. The number of nitrogens with one attached hydrogen (secondary N) is 1. The zero-order valence-electron chi connectivity index (χ0n) is 10.7. The molecule has 0 amide bonds. The van der Waals surface area contributed by atoms with E-state index in [4.69, 9.17) is 9.84 Å². The molecule has 0 radical (unpaired) electrons. The Morgan fingerprint density at radius 1 is 1.41 bits per heavy atom. The summed E-state index contributed by atoms with van der Waals surface area (Å²) in [5.74, 6) is 1.29. The number of hydrogen-bond acceptors (Lipinski definition) is 5. The van der Waals surface area contributed by atoms with Crippen molar-refractivity contribution in [1.29, 1.82) is 0 Å². The molecule has 1 rings (SSSR count). The van der Waals surface area contributed by atoms with Crippen molar-refractivity contribution in [2.24, 2.45) is 0 Å². The molecule has 0 saturated carbocycles. The van der Waals surface area contributed by atoms with Crippen LogP contribution >= 0.6 is 0 Å². The molecular weight excluding hydrogens is 218 g/mol. The van der Waals surface area contributed by atoms with Crippen LogP contribution in [0.2, 0.25) is 0 Å². The molecule has 2 N–H and O–H groups in total. The van der Waals surface area contributed by atoms with Gasteiger partial charge in [-0.25, -0.2) is 9.97 Å². The third kappa shape index (κ3) is 4.19. The SMILES string of the molecule is CCOc1cc(NC(C)(CC)CCO)ncn1. The topological polar surface area (TPSA) is 67.3 Å². The first-order valence-corrected chi connectivity index (χ1v) is 5.97. The maximum absolute atomic E-state index is 9.05. The molecule has 17 heavy (non-hydrogen) atoms. The molecule has 0 aliphatic heterocycles. The van der Waals surface area contributed by atoms with Crippen LogP contribution in [0.3, 0.4) is 0 Å². The van der Waals surface area contributed by atoms with Gasteiger partial charge in [0.2, 0.25) is 5.88 Å². The van der Waals surface area contributed by atoms with E-state index in [1.807, 2.05) is 6.92 Å². The first kappa shape index (κ1) is 13.7. The highest BCUT2D eigenvalue weighted by atomic mass is 16.5. The summed E-state index contributed by atoms with van der Waals surface area (Å²) in [6, 6.07) is 1.77. The van der Waals surface area contributed by atoms with Gasteiger partial charge in [-0.1, -0.05) is 6.92 Å². The fraction of sp³-hybridized carbons (Fsp3) is 0.667. The van der Waals surface area contributed by atoms with E-state index in [1.165, 1.54) is 6.33 Å². The van der Waals surface area contributed by atoms with Crippen LogP contribution < -0.4 is 10.1 Å². The van der Waals surface area contributed by atoms with Gasteiger partial charge >= 0.3 is 0 Å². The highest BCUT2D eigenvalue weighted by Gasteiger charge is 2.21. The number of rotatable bonds is 7. The Labute approximate surface area is 102 Å². The predicted molar refractivity (Wildman–Crippen MR) is 67.2 cm³/mol. The Hall–Kier alpha value is -1.36. The van der Waals surface area contributed by atoms with Crippen LogP contribution in [0.5, 0.6) is 5.88 Å². The monoisotopic (exact) mass is 239 g/mol. The van der Waals surface area contributed by atoms with Gasteiger partial charge in [0.1, 0.15) is 12.1 Å². The van der Waals surface area contributed by atoms with Crippen LogP contribution in [-0.4, -0.2) is 33.8 Å². The second-order valence-corrected chi connectivity index (χ2v) is 4.19. The van der Waals surface area contributed by atoms with Crippen molar-refractivity contribution in [3.63, 3.8) is 0 Å². The number of aliphatic hydroxyl groups excluding tert-OH is 1. The maximum Gasteiger partial charge on any atom is 0.218 e. The Kier molecular flexibility index (Phi) is 5.15. The molecule has 0 spiro atoms. The molecule has 1 unspecified atom stereocenters. The summed E-state index contributed by atoms with van der Waals surface area (Å²) in [7, 11) is 0. The van der Waals surface area contributed by atoms with Gasteiger partial charge in [0, 0.05) is 18.2 Å². The lowest BCUT2D eigenvalue weighted by molar-refractivity contribution is 0.251. The number of aliphatic hydroxyl groups is 1. The molecule has 0 fully saturated rings. The normalized spacial score (nSPS) is 14.1. The van der Waals surface area contributed by atoms with Gasteiger partial charge in [0.05, 0.1) is 6.61 Å². The van der Waals surface area contributed by atoms with Crippen molar-refractivity contribution < 1.29 is 9.84 Å². The van der Waals surface area contributed by atoms with Crippen LogP contribution in [0.1, 0.15) is 33.6 Å². The standard InChI is InChI=1S/C12H21N3O2/c1-4-12(3,6-7-16)15-10-8-11(17-5-2)14-9-13-10/h8-9,16H,4-7H2,1-3H3,(H,13,14,15). The van der Waals surface area contributed by atoms with Crippen LogP contribution in [0, 0.1) is 0 Å². The van der Waals surface area contributed by atoms with Crippen LogP contribution in [0.15, 0.2) is 12.4 Å². The van der Waals surface area contributed by atoms with Gasteiger partial charge in [-0.2, -0.15) is 0 Å². The van der Waals surface area contributed by atoms with E-state index in [9.17, 15) is 0 Å². The third-order valence-corrected chi connectivity index (χ3v) is 2.81. The van der Waals surface area contributed by atoms with Crippen molar-refractivity contribution in [2.45, 2.75) is 39.2 Å². The van der Waals surface area contributed by atoms with Crippen molar-refractivity contribution in [3.8, 4) is 5.88 Å². The number of ether oxygens (including phenoxy) is 1. The van der Waals surface area contributed by atoms with Gasteiger partial charge < -0.3 is 15.2 Å². The molecule has 0 aromatic carbocycles. The molecule has 0 bridgehead atoms. The fourth-order valence-corrected chi connectivity index (χ4v) is 1.52. The van der Waals surface area contributed by atoms with Crippen molar-refractivity contribution in [1.82, 2.24) is 9.97 Å². The quantitative estimate of drug-likeness (QED) is 0.760. The minimum atomic E-state index is -0.160. The van der Waals surface area contributed by atoms with Crippen LogP contribution in [-0.2, 0) is 0 Å². The summed E-state index contributed by atoms with van der Waals surface area (Å²) in [6.45, 7) is 6.79. The number of nitrogens with zero attached hydrogens (tertiary/aromatic N) is 2. The molecule has 96 valence electrons. The second-order valence-electron chi connectivity index (χ2n) is 4.19. The van der Waals surface area contributed by atoms with E-state index in [2.05, 4.69) is 29.1 Å². The maximum atomic E-state index is 9.05. The molecular formula is C12H21N3O2. The lowest BCUT2D eigenvalue weighted by Gasteiger charge is -2.29. The lowest BCUT2D eigenvalue weighted by Crippen LogP contribution is -2.35. The van der Waals surface area contributed by atoms with E-state index >= 15 is 0 Å². The molecule has 1 aromatic heterocycles. The minimum Gasteiger partial charge on any atom is -0.478 e. The van der Waals surface area contributed by atoms with Gasteiger partial charge in [-0.3, -0.25) is 0 Å². The summed E-state index contributed by atoms with van der Waals surface area (Å²) < 4.78 is 5.31. The van der Waals surface area contributed by atoms with Gasteiger partial charge in [0.15, 0.2) is 0 Å². The zero-order chi connectivity index (χ0) is 12.7. The van der Waals surface area contributed by atoms with E-state index < -0.39 is 0 Å². The third-order valence-electron chi connectivity index (χ3n) is 2.81. The van der Waals surface area contributed by atoms with E-state index in [-0.39, 0.29) is 12.1 Å². The number of anilines is 1. The fourth-order valence-electron chi connectivity index (χ4n) is 1.52. The van der Waals surface area contributed by atoms with Crippen molar-refractivity contribution in [2.75, 3.05) is 18.5 Å². The van der Waals surface area contributed by atoms with Gasteiger partial charge in [-0.15, -0.1) is 0 Å². The average molecular weight is 239 g/mol. The lowest BCUT2D eigenvalue weighted by atomic mass is 9.95. The molecule has 1 heterocycles. The molecule has 5 nitrogen and oxygen atoms in total. The van der Waals surface area contributed by atoms with E-state index in [0.717, 1.165) is 12.2 Å². The smallest absolute Gasteiger partial charge is 0.218 e. The molecule has 5 heteroatoms. The Morgan fingerprint density at radius 2 is 2.18 bits per heavy atom. The Morgan fingerprint density at radius 3 is 2.76 bits per heavy atom. The van der Waals surface area contributed by atoms with E-state index in [1.54, 1.807) is 6.07 Å². The highest BCUT2D eigenvalue weighted by molar-refractivity contribution is 5.39. The minimum absolute atomic E-state index is 0.154. The summed E-state index contributed by atoms with van der Waals surface area (Å²) in [5, 5.41) is 12.4. The highest BCUT2D eigenvalue weighted by Crippen LogP contribution is 2.21. The van der Waals surface area contributed by atoms with Crippen molar-refractivity contribution >= 4 is 5.82 Å². The average Bonchev–Trinajstić information content (AvgIpc) is 2.30. The Balaban J connectivity index is 2.75. The predicted octanol–water partition coefficient (Wildman–Crippen LogP) is 1.84. The first-order chi connectivity index (χ1) is 8.13. The van der Waals surface area contributed by atoms with E-state index in [0.29, 0.717) is 18.9 Å². The molecule has 1 atom stereocenters. The second kappa shape index (κ2) is 6.39. The number of hydrogen-bond donors (Lipinski definition) is 2. The van der Waals surface area contributed by atoms with Crippen LogP contribution in [0.25, 0.3) is 0 Å². The summed E-state index contributed by atoms with van der Waals surface area (Å²) in [4.78, 5) is 8.16. The van der Waals surface area contributed by atoms with Crippen molar-refractivity contribution in [3.05, 3.63) is 12.4 Å². The molecule has 0 aliphatic carbocycles. The summed E-state index contributed by atoms with van der Waals surface area (Å²) in [5.41, 5.74) is -0.160.